The Hall–Kier alpha value is -0.130. The van der Waals surface area contributed by atoms with Crippen LogP contribution in [0.2, 0.25) is 0 Å². The molecular weight excluding hydrogens is 236 g/mol. The van der Waals surface area contributed by atoms with Gasteiger partial charge in [-0.05, 0) is 45.7 Å². The quantitative estimate of drug-likeness (QED) is 0.670. The van der Waals surface area contributed by atoms with Crippen LogP contribution in [0.3, 0.4) is 0 Å². The van der Waals surface area contributed by atoms with E-state index in [0.29, 0.717) is 18.5 Å². The van der Waals surface area contributed by atoms with Crippen molar-refractivity contribution in [2.24, 2.45) is 0 Å². The Labute approximate surface area is 105 Å². The Morgan fingerprint density at radius 1 is 1.41 bits per heavy atom. The van der Waals surface area contributed by atoms with Crippen LogP contribution in [-0.2, 0) is 9.84 Å². The summed E-state index contributed by atoms with van der Waals surface area (Å²) >= 11 is 0. The molecule has 5 heteroatoms. The average Bonchev–Trinajstić information content (AvgIpc) is 2.25. The minimum Gasteiger partial charge on any atom is -0.314 e. The molecule has 1 aliphatic heterocycles. The van der Waals surface area contributed by atoms with E-state index in [1.165, 1.54) is 25.5 Å². The summed E-state index contributed by atoms with van der Waals surface area (Å²) in [5.41, 5.74) is 0. The second kappa shape index (κ2) is 7.34. The Balaban J connectivity index is 2.06. The van der Waals surface area contributed by atoms with E-state index >= 15 is 0 Å². The van der Waals surface area contributed by atoms with Gasteiger partial charge in [0, 0.05) is 18.3 Å². The van der Waals surface area contributed by atoms with E-state index in [4.69, 9.17) is 0 Å². The number of hydrogen-bond acceptors (Lipinski definition) is 4. The van der Waals surface area contributed by atoms with Gasteiger partial charge in [-0.25, -0.2) is 8.42 Å². The molecule has 4 nitrogen and oxygen atoms in total. The Morgan fingerprint density at radius 2 is 2.18 bits per heavy atom. The van der Waals surface area contributed by atoms with E-state index in [-0.39, 0.29) is 5.75 Å². The highest BCUT2D eigenvalue weighted by atomic mass is 32.2. The zero-order valence-electron chi connectivity index (χ0n) is 11.0. The fraction of sp³-hybridized carbons (Fsp3) is 1.00. The molecule has 0 aliphatic carbocycles. The van der Waals surface area contributed by atoms with E-state index in [0.717, 1.165) is 19.5 Å². The van der Waals surface area contributed by atoms with E-state index in [1.54, 1.807) is 0 Å². The molecule has 1 fully saturated rings. The minimum atomic E-state index is -2.80. The molecule has 0 bridgehead atoms. The molecule has 0 saturated carbocycles. The molecule has 2 atom stereocenters. The molecular formula is C12H26N2O2S. The molecule has 102 valence electrons. The molecule has 0 aromatic heterocycles. The highest BCUT2D eigenvalue weighted by molar-refractivity contribution is 7.90. The first-order valence-electron chi connectivity index (χ1n) is 6.62. The molecule has 2 N–H and O–H groups in total. The zero-order valence-corrected chi connectivity index (χ0v) is 11.9. The second-order valence-electron chi connectivity index (χ2n) is 5.22. The number of sulfone groups is 1. The SMILES string of the molecule is CC(CC1CCCCN1)NCCCS(C)(=O)=O. The first-order chi connectivity index (χ1) is 7.97. The van der Waals surface area contributed by atoms with Crippen LogP contribution in [0, 0.1) is 0 Å². The number of rotatable bonds is 7. The van der Waals surface area contributed by atoms with Gasteiger partial charge < -0.3 is 10.6 Å². The van der Waals surface area contributed by atoms with Crippen LogP contribution in [0.15, 0.2) is 0 Å². The third-order valence-electron chi connectivity index (χ3n) is 3.24. The van der Waals surface area contributed by atoms with Gasteiger partial charge in [-0.2, -0.15) is 0 Å². The zero-order chi connectivity index (χ0) is 12.7. The molecule has 1 rings (SSSR count). The summed E-state index contributed by atoms with van der Waals surface area (Å²) in [6.45, 7) is 4.11. The first-order valence-corrected chi connectivity index (χ1v) is 8.68. The smallest absolute Gasteiger partial charge is 0.147 e. The molecule has 0 spiro atoms. The Bertz CT molecular complexity index is 298. The van der Waals surface area contributed by atoms with Gasteiger partial charge in [0.1, 0.15) is 9.84 Å². The van der Waals surface area contributed by atoms with Crippen LogP contribution in [0.4, 0.5) is 0 Å². The molecule has 1 heterocycles. The summed E-state index contributed by atoms with van der Waals surface area (Å²) in [6, 6.07) is 1.10. The van der Waals surface area contributed by atoms with Gasteiger partial charge in [0.15, 0.2) is 0 Å². The second-order valence-corrected chi connectivity index (χ2v) is 7.48. The fourth-order valence-electron chi connectivity index (χ4n) is 2.32. The van der Waals surface area contributed by atoms with Crippen LogP contribution in [0.5, 0.6) is 0 Å². The van der Waals surface area contributed by atoms with Crippen molar-refractivity contribution in [1.29, 1.82) is 0 Å². The van der Waals surface area contributed by atoms with Crippen LogP contribution in [-0.4, -0.2) is 45.6 Å². The molecule has 1 aliphatic rings. The minimum absolute atomic E-state index is 0.286. The maximum atomic E-state index is 11.0. The lowest BCUT2D eigenvalue weighted by atomic mass is 9.99. The molecule has 1 saturated heterocycles. The van der Waals surface area contributed by atoms with Crippen molar-refractivity contribution >= 4 is 9.84 Å². The summed E-state index contributed by atoms with van der Waals surface area (Å²) < 4.78 is 21.9. The van der Waals surface area contributed by atoms with Crippen molar-refractivity contribution in [3.05, 3.63) is 0 Å². The standard InChI is InChI=1S/C12H26N2O2S/c1-11(10-12-6-3-4-7-14-12)13-8-5-9-17(2,15)16/h11-14H,3-10H2,1-2H3. The summed E-state index contributed by atoms with van der Waals surface area (Å²) in [6.07, 6.45) is 7.04. The summed E-state index contributed by atoms with van der Waals surface area (Å²) in [7, 11) is -2.80. The van der Waals surface area contributed by atoms with Gasteiger partial charge in [0.05, 0.1) is 5.75 Å². The van der Waals surface area contributed by atoms with Gasteiger partial charge in [0.25, 0.3) is 0 Å². The van der Waals surface area contributed by atoms with E-state index in [1.807, 2.05) is 0 Å². The lowest BCUT2D eigenvalue weighted by molar-refractivity contribution is 0.345. The van der Waals surface area contributed by atoms with E-state index in [2.05, 4.69) is 17.6 Å². The molecule has 17 heavy (non-hydrogen) atoms. The maximum absolute atomic E-state index is 11.0. The van der Waals surface area contributed by atoms with Crippen LogP contribution in [0.1, 0.15) is 39.0 Å². The predicted molar refractivity (Wildman–Crippen MR) is 72.1 cm³/mol. The van der Waals surface area contributed by atoms with Gasteiger partial charge >= 0.3 is 0 Å². The van der Waals surface area contributed by atoms with Crippen LogP contribution < -0.4 is 10.6 Å². The Morgan fingerprint density at radius 3 is 2.76 bits per heavy atom. The van der Waals surface area contributed by atoms with Crippen molar-refractivity contribution in [2.45, 2.75) is 51.1 Å². The Kier molecular flexibility index (Phi) is 6.44. The van der Waals surface area contributed by atoms with Crippen molar-refractivity contribution in [1.82, 2.24) is 10.6 Å². The monoisotopic (exact) mass is 262 g/mol. The van der Waals surface area contributed by atoms with Gasteiger partial charge in [0.2, 0.25) is 0 Å². The predicted octanol–water partition coefficient (Wildman–Crippen LogP) is 0.931. The van der Waals surface area contributed by atoms with Gasteiger partial charge in [-0.1, -0.05) is 6.42 Å². The first kappa shape index (κ1) is 14.9. The molecule has 0 aromatic carbocycles. The summed E-state index contributed by atoms with van der Waals surface area (Å²) in [5, 5.41) is 6.93. The lowest BCUT2D eigenvalue weighted by Crippen LogP contribution is -2.40. The maximum Gasteiger partial charge on any atom is 0.147 e. The largest absolute Gasteiger partial charge is 0.314 e. The molecule has 2 unspecified atom stereocenters. The topological polar surface area (TPSA) is 58.2 Å². The summed E-state index contributed by atoms with van der Waals surface area (Å²) in [4.78, 5) is 0. The number of nitrogens with one attached hydrogen (secondary N) is 2. The van der Waals surface area contributed by atoms with Crippen molar-refractivity contribution < 1.29 is 8.42 Å². The number of hydrogen-bond donors (Lipinski definition) is 2. The van der Waals surface area contributed by atoms with Crippen molar-refractivity contribution in [3.8, 4) is 0 Å². The highest BCUT2D eigenvalue weighted by Crippen LogP contribution is 2.11. The fourth-order valence-corrected chi connectivity index (χ4v) is 2.99. The molecule has 0 amide bonds. The van der Waals surface area contributed by atoms with E-state index in [9.17, 15) is 8.42 Å². The normalized spacial score (nSPS) is 23.5. The van der Waals surface area contributed by atoms with E-state index < -0.39 is 9.84 Å². The molecule has 0 aromatic rings. The number of piperidine rings is 1. The average molecular weight is 262 g/mol. The highest BCUT2D eigenvalue weighted by Gasteiger charge is 2.15. The third kappa shape index (κ3) is 7.73. The van der Waals surface area contributed by atoms with Gasteiger partial charge in [-0.15, -0.1) is 0 Å². The lowest BCUT2D eigenvalue weighted by Gasteiger charge is -2.26. The third-order valence-corrected chi connectivity index (χ3v) is 4.27. The summed E-state index contributed by atoms with van der Waals surface area (Å²) in [5.74, 6) is 0.286. The van der Waals surface area contributed by atoms with Crippen molar-refractivity contribution in [2.75, 3.05) is 25.1 Å². The van der Waals surface area contributed by atoms with Crippen LogP contribution >= 0.6 is 0 Å². The van der Waals surface area contributed by atoms with Gasteiger partial charge in [-0.3, -0.25) is 0 Å². The molecule has 0 radical (unpaired) electrons. The van der Waals surface area contributed by atoms with Crippen molar-refractivity contribution in [3.63, 3.8) is 0 Å². The van der Waals surface area contributed by atoms with Crippen LogP contribution in [0.25, 0.3) is 0 Å².